The highest BCUT2D eigenvalue weighted by atomic mass is 15.2. The Morgan fingerprint density at radius 3 is 2.81 bits per heavy atom. The first-order valence-corrected chi connectivity index (χ1v) is 7.83. The number of benzene rings is 1. The molecule has 0 saturated carbocycles. The molecule has 0 amide bonds. The van der Waals surface area contributed by atoms with E-state index in [1.807, 2.05) is 0 Å². The van der Waals surface area contributed by atoms with E-state index in [0.29, 0.717) is 6.04 Å². The van der Waals surface area contributed by atoms with Gasteiger partial charge in [-0.15, -0.1) is 0 Å². The fraction of sp³-hybridized carbons (Fsp3) is 0.500. The van der Waals surface area contributed by atoms with Crippen molar-refractivity contribution in [1.82, 2.24) is 15.2 Å². The maximum atomic E-state index is 4.82. The summed E-state index contributed by atoms with van der Waals surface area (Å²) in [6.45, 7) is 11.1. The van der Waals surface area contributed by atoms with Crippen LogP contribution in [0.5, 0.6) is 0 Å². The van der Waals surface area contributed by atoms with Gasteiger partial charge in [-0.3, -0.25) is 9.88 Å². The summed E-state index contributed by atoms with van der Waals surface area (Å²) in [5.41, 5.74) is 2.55. The Labute approximate surface area is 127 Å². The third-order valence-electron chi connectivity index (χ3n) is 4.38. The molecule has 2 heterocycles. The quantitative estimate of drug-likeness (QED) is 0.918. The molecule has 3 rings (SSSR count). The highest BCUT2D eigenvalue weighted by molar-refractivity contribution is 5.78. The molecule has 2 aromatic rings. The molecule has 1 fully saturated rings. The van der Waals surface area contributed by atoms with E-state index in [-0.39, 0.29) is 5.41 Å². The van der Waals surface area contributed by atoms with Gasteiger partial charge < -0.3 is 5.32 Å². The predicted molar refractivity (Wildman–Crippen MR) is 88.3 cm³/mol. The van der Waals surface area contributed by atoms with Crippen molar-refractivity contribution in [3.05, 3.63) is 42.1 Å². The molecule has 1 atom stereocenters. The third kappa shape index (κ3) is 3.25. The lowest BCUT2D eigenvalue weighted by Gasteiger charge is -2.43. The van der Waals surface area contributed by atoms with Gasteiger partial charge in [0.1, 0.15) is 0 Å². The van der Waals surface area contributed by atoms with Crippen LogP contribution in [-0.4, -0.2) is 35.6 Å². The van der Waals surface area contributed by atoms with Gasteiger partial charge in [-0.25, -0.2) is 0 Å². The number of pyridine rings is 1. The minimum atomic E-state index is 0.282. The van der Waals surface area contributed by atoms with Gasteiger partial charge in [-0.2, -0.15) is 0 Å². The Hall–Kier alpha value is -1.45. The summed E-state index contributed by atoms with van der Waals surface area (Å²) in [4.78, 5) is 7.40. The topological polar surface area (TPSA) is 28.2 Å². The first kappa shape index (κ1) is 14.5. The van der Waals surface area contributed by atoms with E-state index in [1.54, 1.807) is 0 Å². The van der Waals surface area contributed by atoms with E-state index in [2.05, 4.69) is 67.4 Å². The molecule has 1 aromatic carbocycles. The van der Waals surface area contributed by atoms with Crippen LogP contribution in [0.3, 0.4) is 0 Å². The summed E-state index contributed by atoms with van der Waals surface area (Å²) in [6.07, 6.45) is 0. The van der Waals surface area contributed by atoms with Crippen LogP contribution in [-0.2, 0) is 6.54 Å². The molecule has 3 heteroatoms. The summed E-state index contributed by atoms with van der Waals surface area (Å²) in [5.74, 6) is 0. The zero-order chi connectivity index (χ0) is 14.9. The molecule has 1 saturated heterocycles. The molecular weight excluding hydrogens is 258 g/mol. The fourth-order valence-corrected chi connectivity index (χ4v) is 3.19. The lowest BCUT2D eigenvalue weighted by Crippen LogP contribution is -2.56. The van der Waals surface area contributed by atoms with Gasteiger partial charge in [0, 0.05) is 37.6 Å². The van der Waals surface area contributed by atoms with Crippen LogP contribution >= 0.6 is 0 Å². The van der Waals surface area contributed by atoms with Crippen LogP contribution < -0.4 is 5.32 Å². The molecule has 21 heavy (non-hydrogen) atoms. The van der Waals surface area contributed by atoms with Crippen LogP contribution in [0.25, 0.3) is 10.9 Å². The molecule has 1 unspecified atom stereocenters. The van der Waals surface area contributed by atoms with Crippen molar-refractivity contribution in [3.8, 4) is 0 Å². The highest BCUT2D eigenvalue weighted by Crippen LogP contribution is 2.26. The average Bonchev–Trinajstić information content (AvgIpc) is 2.46. The number of hydrogen-bond acceptors (Lipinski definition) is 3. The van der Waals surface area contributed by atoms with Gasteiger partial charge in [0.15, 0.2) is 0 Å². The number of nitrogens with one attached hydrogen (secondary N) is 1. The number of rotatable bonds is 2. The van der Waals surface area contributed by atoms with Gasteiger partial charge in [0.25, 0.3) is 0 Å². The SMILES string of the molecule is CC(C)(C)C1CNCCN1Cc1ccc2ccccc2n1. The molecular formula is C18H25N3. The van der Waals surface area contributed by atoms with Crippen molar-refractivity contribution in [2.45, 2.75) is 33.4 Å². The third-order valence-corrected chi connectivity index (χ3v) is 4.38. The van der Waals surface area contributed by atoms with Crippen LogP contribution in [0, 0.1) is 5.41 Å². The van der Waals surface area contributed by atoms with Gasteiger partial charge >= 0.3 is 0 Å². The van der Waals surface area contributed by atoms with Crippen molar-refractivity contribution in [3.63, 3.8) is 0 Å². The Balaban J connectivity index is 1.82. The summed E-state index contributed by atoms with van der Waals surface area (Å²) < 4.78 is 0. The number of piperazine rings is 1. The normalized spacial score (nSPS) is 20.8. The maximum absolute atomic E-state index is 4.82. The van der Waals surface area contributed by atoms with Crippen molar-refractivity contribution >= 4 is 10.9 Å². The second-order valence-corrected chi connectivity index (χ2v) is 7.05. The molecule has 0 radical (unpaired) electrons. The Kier molecular flexibility index (Phi) is 3.96. The lowest BCUT2D eigenvalue weighted by molar-refractivity contribution is 0.0679. The van der Waals surface area contributed by atoms with Crippen molar-refractivity contribution in [2.75, 3.05) is 19.6 Å². The molecule has 0 aliphatic carbocycles. The lowest BCUT2D eigenvalue weighted by atomic mass is 9.84. The number of nitrogens with zero attached hydrogens (tertiary/aromatic N) is 2. The number of hydrogen-bond donors (Lipinski definition) is 1. The molecule has 0 spiro atoms. The van der Waals surface area contributed by atoms with Crippen LogP contribution in [0.15, 0.2) is 36.4 Å². The van der Waals surface area contributed by atoms with E-state index in [4.69, 9.17) is 4.98 Å². The minimum absolute atomic E-state index is 0.282. The Morgan fingerprint density at radius 2 is 2.00 bits per heavy atom. The van der Waals surface area contributed by atoms with E-state index >= 15 is 0 Å². The molecule has 1 aliphatic heterocycles. The number of fused-ring (bicyclic) bond motifs is 1. The molecule has 112 valence electrons. The van der Waals surface area contributed by atoms with Crippen LogP contribution in [0.2, 0.25) is 0 Å². The number of para-hydroxylation sites is 1. The smallest absolute Gasteiger partial charge is 0.0705 e. The van der Waals surface area contributed by atoms with Crippen molar-refractivity contribution in [2.24, 2.45) is 5.41 Å². The van der Waals surface area contributed by atoms with Gasteiger partial charge in [-0.05, 0) is 17.5 Å². The predicted octanol–water partition coefficient (Wildman–Crippen LogP) is 3.05. The average molecular weight is 283 g/mol. The van der Waals surface area contributed by atoms with Crippen LogP contribution in [0.1, 0.15) is 26.5 Å². The van der Waals surface area contributed by atoms with Gasteiger partial charge in [0.2, 0.25) is 0 Å². The van der Waals surface area contributed by atoms with E-state index in [1.165, 1.54) is 11.1 Å². The monoisotopic (exact) mass is 283 g/mol. The second-order valence-electron chi connectivity index (χ2n) is 7.05. The van der Waals surface area contributed by atoms with Gasteiger partial charge in [-0.1, -0.05) is 45.0 Å². The summed E-state index contributed by atoms with van der Waals surface area (Å²) in [6, 6.07) is 13.2. The standard InChI is InChI=1S/C18H25N3/c1-18(2,3)17-12-19-10-11-21(17)13-15-9-8-14-6-4-5-7-16(14)20-15/h4-9,17,19H,10-13H2,1-3H3. The largest absolute Gasteiger partial charge is 0.314 e. The Bertz CT molecular complexity index is 615. The molecule has 1 aliphatic rings. The molecule has 0 bridgehead atoms. The molecule has 1 aromatic heterocycles. The first-order valence-electron chi connectivity index (χ1n) is 7.83. The summed E-state index contributed by atoms with van der Waals surface area (Å²) >= 11 is 0. The maximum Gasteiger partial charge on any atom is 0.0705 e. The summed E-state index contributed by atoms with van der Waals surface area (Å²) in [5, 5.41) is 4.74. The van der Waals surface area contributed by atoms with Gasteiger partial charge in [0.05, 0.1) is 11.2 Å². The Morgan fingerprint density at radius 1 is 1.19 bits per heavy atom. The zero-order valence-electron chi connectivity index (χ0n) is 13.3. The second kappa shape index (κ2) is 5.74. The zero-order valence-corrected chi connectivity index (χ0v) is 13.3. The van der Waals surface area contributed by atoms with E-state index in [9.17, 15) is 0 Å². The van der Waals surface area contributed by atoms with Crippen LogP contribution in [0.4, 0.5) is 0 Å². The summed E-state index contributed by atoms with van der Waals surface area (Å²) in [7, 11) is 0. The van der Waals surface area contributed by atoms with Crippen molar-refractivity contribution in [1.29, 1.82) is 0 Å². The van der Waals surface area contributed by atoms with Crippen molar-refractivity contribution < 1.29 is 0 Å². The highest BCUT2D eigenvalue weighted by Gasteiger charge is 2.32. The number of aromatic nitrogens is 1. The fourth-order valence-electron chi connectivity index (χ4n) is 3.19. The molecule has 3 nitrogen and oxygen atoms in total. The first-order chi connectivity index (χ1) is 10.0. The molecule has 1 N–H and O–H groups in total. The minimum Gasteiger partial charge on any atom is -0.314 e. The van der Waals surface area contributed by atoms with E-state index < -0.39 is 0 Å². The van der Waals surface area contributed by atoms with E-state index in [0.717, 1.165) is 31.7 Å².